The molecular weight excluding hydrogens is 410 g/mol. The molecule has 0 radical (unpaired) electrons. The van der Waals surface area contributed by atoms with Crippen LogP contribution in [0, 0.1) is 0 Å². The molecule has 0 aliphatic carbocycles. The standard InChI is InChI=1S/C29H37NOS/c1-28(2,3)24-14-10-22(11-15-24)26(23-12-16-25(17-13-23)29(4,5)6)8-7-9-27(31)30-18-20-32-21-19-30/h7-17H,18-21H2,1-6H3/b9-7+. The van der Waals surface area contributed by atoms with Gasteiger partial charge in [-0.15, -0.1) is 0 Å². The summed E-state index contributed by atoms with van der Waals surface area (Å²) < 4.78 is 0. The number of nitrogens with zero attached hydrogens (tertiary/aromatic N) is 1. The van der Waals surface area contributed by atoms with Crippen LogP contribution in [0.25, 0.3) is 5.57 Å². The summed E-state index contributed by atoms with van der Waals surface area (Å²) >= 11 is 1.91. The molecule has 2 nitrogen and oxygen atoms in total. The van der Waals surface area contributed by atoms with E-state index in [2.05, 4.69) is 96.1 Å². The molecule has 1 amide bonds. The van der Waals surface area contributed by atoms with Crippen LogP contribution in [0.2, 0.25) is 0 Å². The molecule has 170 valence electrons. The van der Waals surface area contributed by atoms with E-state index in [1.165, 1.54) is 11.1 Å². The zero-order valence-corrected chi connectivity index (χ0v) is 21.3. The number of hydrogen-bond acceptors (Lipinski definition) is 2. The molecule has 0 unspecified atom stereocenters. The number of thioether (sulfide) groups is 1. The molecule has 1 heterocycles. The Morgan fingerprint density at radius 3 is 1.62 bits per heavy atom. The summed E-state index contributed by atoms with van der Waals surface area (Å²) in [5.41, 5.74) is 6.32. The van der Waals surface area contributed by atoms with Gasteiger partial charge in [0.2, 0.25) is 5.91 Å². The maximum atomic E-state index is 12.6. The Hall–Kier alpha value is -2.26. The SMILES string of the molecule is CC(C)(C)c1ccc(C(=C/C=C/C(=O)N2CCSCC2)c2ccc(C(C)(C)C)cc2)cc1. The Bertz CT molecular complexity index is 904. The van der Waals surface area contributed by atoms with Gasteiger partial charge in [-0.25, -0.2) is 0 Å². The van der Waals surface area contributed by atoms with Crippen LogP contribution in [-0.4, -0.2) is 35.4 Å². The summed E-state index contributed by atoms with van der Waals surface area (Å²) in [6.45, 7) is 15.1. The highest BCUT2D eigenvalue weighted by molar-refractivity contribution is 7.99. The van der Waals surface area contributed by atoms with Crippen molar-refractivity contribution in [3.05, 3.63) is 89.0 Å². The van der Waals surface area contributed by atoms with E-state index in [0.717, 1.165) is 41.3 Å². The van der Waals surface area contributed by atoms with Gasteiger partial charge in [-0.05, 0) is 38.7 Å². The van der Waals surface area contributed by atoms with Crippen LogP contribution in [0.4, 0.5) is 0 Å². The Morgan fingerprint density at radius 1 is 0.781 bits per heavy atom. The van der Waals surface area contributed by atoms with Crippen LogP contribution in [0.3, 0.4) is 0 Å². The van der Waals surface area contributed by atoms with Crippen molar-refractivity contribution in [2.45, 2.75) is 52.4 Å². The zero-order chi connectivity index (χ0) is 23.4. The van der Waals surface area contributed by atoms with Crippen LogP contribution >= 0.6 is 11.8 Å². The van der Waals surface area contributed by atoms with Gasteiger partial charge in [-0.1, -0.05) is 102 Å². The minimum atomic E-state index is 0.104. The van der Waals surface area contributed by atoms with Crippen LogP contribution < -0.4 is 0 Å². The fraction of sp³-hybridized carbons (Fsp3) is 0.414. The molecule has 2 aromatic carbocycles. The van der Waals surface area contributed by atoms with Crippen molar-refractivity contribution >= 4 is 23.2 Å². The first-order chi connectivity index (χ1) is 15.1. The highest BCUT2D eigenvalue weighted by Crippen LogP contribution is 2.30. The van der Waals surface area contributed by atoms with E-state index in [9.17, 15) is 4.79 Å². The summed E-state index contributed by atoms with van der Waals surface area (Å²) in [6, 6.07) is 17.6. The van der Waals surface area contributed by atoms with Gasteiger partial charge >= 0.3 is 0 Å². The molecule has 3 heteroatoms. The summed E-state index contributed by atoms with van der Waals surface area (Å²) in [5, 5.41) is 0. The van der Waals surface area contributed by atoms with Crippen molar-refractivity contribution in [3.8, 4) is 0 Å². The average Bonchev–Trinajstić information content (AvgIpc) is 2.76. The van der Waals surface area contributed by atoms with Crippen molar-refractivity contribution in [1.82, 2.24) is 4.90 Å². The topological polar surface area (TPSA) is 20.3 Å². The second kappa shape index (κ2) is 10.1. The first-order valence-electron chi connectivity index (χ1n) is 11.5. The highest BCUT2D eigenvalue weighted by atomic mass is 32.2. The molecule has 0 N–H and O–H groups in total. The maximum Gasteiger partial charge on any atom is 0.246 e. The summed E-state index contributed by atoms with van der Waals surface area (Å²) in [4.78, 5) is 14.5. The first-order valence-corrected chi connectivity index (χ1v) is 12.7. The Labute approximate surface area is 198 Å². The number of carbonyl (C=O) groups is 1. The van der Waals surface area contributed by atoms with E-state index in [0.29, 0.717) is 0 Å². The molecule has 1 fully saturated rings. The average molecular weight is 448 g/mol. The monoisotopic (exact) mass is 447 g/mol. The molecule has 0 atom stereocenters. The van der Waals surface area contributed by atoms with Crippen LogP contribution in [-0.2, 0) is 15.6 Å². The van der Waals surface area contributed by atoms with E-state index >= 15 is 0 Å². The van der Waals surface area contributed by atoms with Crippen LogP contribution in [0.5, 0.6) is 0 Å². The number of benzene rings is 2. The minimum Gasteiger partial charge on any atom is -0.338 e. The number of hydrogen-bond donors (Lipinski definition) is 0. The maximum absolute atomic E-state index is 12.6. The third kappa shape index (κ3) is 6.38. The normalized spacial score (nSPS) is 15.1. The molecule has 1 aliphatic rings. The highest BCUT2D eigenvalue weighted by Gasteiger charge is 2.16. The summed E-state index contributed by atoms with van der Waals surface area (Å²) in [6.07, 6.45) is 5.70. The molecule has 0 bridgehead atoms. The number of allylic oxidation sites excluding steroid dienone is 2. The predicted molar refractivity (Wildman–Crippen MR) is 140 cm³/mol. The van der Waals surface area contributed by atoms with Gasteiger partial charge in [0.25, 0.3) is 0 Å². The van der Waals surface area contributed by atoms with Crippen molar-refractivity contribution in [1.29, 1.82) is 0 Å². The lowest BCUT2D eigenvalue weighted by Gasteiger charge is -2.25. The summed E-state index contributed by atoms with van der Waals surface area (Å²) in [7, 11) is 0. The molecule has 2 aromatic rings. The van der Waals surface area contributed by atoms with E-state index in [-0.39, 0.29) is 16.7 Å². The molecule has 0 aromatic heterocycles. The van der Waals surface area contributed by atoms with Crippen molar-refractivity contribution in [2.75, 3.05) is 24.6 Å². The number of rotatable bonds is 4. The fourth-order valence-electron chi connectivity index (χ4n) is 3.77. The van der Waals surface area contributed by atoms with Gasteiger partial charge in [0.1, 0.15) is 0 Å². The molecule has 1 saturated heterocycles. The van der Waals surface area contributed by atoms with Crippen LogP contribution in [0.15, 0.2) is 66.8 Å². The minimum absolute atomic E-state index is 0.104. The predicted octanol–water partition coefficient (Wildman–Crippen LogP) is 6.84. The fourth-order valence-corrected chi connectivity index (χ4v) is 4.68. The molecule has 0 spiro atoms. The van der Waals surface area contributed by atoms with Crippen molar-refractivity contribution in [3.63, 3.8) is 0 Å². The smallest absolute Gasteiger partial charge is 0.246 e. The van der Waals surface area contributed by atoms with Gasteiger partial charge in [0.05, 0.1) is 0 Å². The lowest BCUT2D eigenvalue weighted by molar-refractivity contribution is -0.125. The lowest BCUT2D eigenvalue weighted by Crippen LogP contribution is -2.36. The van der Waals surface area contributed by atoms with E-state index in [1.54, 1.807) is 6.08 Å². The third-order valence-electron chi connectivity index (χ3n) is 5.95. The number of amides is 1. The van der Waals surface area contributed by atoms with Gasteiger partial charge in [-0.2, -0.15) is 11.8 Å². The van der Waals surface area contributed by atoms with Gasteiger partial charge in [-0.3, -0.25) is 4.79 Å². The second-order valence-corrected chi connectivity index (χ2v) is 11.8. The lowest BCUT2D eigenvalue weighted by atomic mass is 9.84. The van der Waals surface area contributed by atoms with Gasteiger partial charge in [0, 0.05) is 30.7 Å². The Morgan fingerprint density at radius 2 is 1.22 bits per heavy atom. The Balaban J connectivity index is 1.92. The Kier molecular flexibility index (Phi) is 7.71. The number of carbonyl (C=O) groups excluding carboxylic acids is 1. The molecule has 0 saturated carbocycles. The van der Waals surface area contributed by atoms with Crippen LogP contribution in [0.1, 0.15) is 63.8 Å². The quantitative estimate of drug-likeness (QED) is 0.377. The van der Waals surface area contributed by atoms with Crippen molar-refractivity contribution in [2.24, 2.45) is 0 Å². The van der Waals surface area contributed by atoms with E-state index < -0.39 is 0 Å². The second-order valence-electron chi connectivity index (χ2n) is 10.5. The first kappa shape index (κ1) is 24.4. The van der Waals surface area contributed by atoms with E-state index in [1.807, 2.05) is 22.7 Å². The van der Waals surface area contributed by atoms with Gasteiger partial charge < -0.3 is 4.90 Å². The molecule has 1 aliphatic heterocycles. The largest absolute Gasteiger partial charge is 0.338 e. The summed E-state index contributed by atoms with van der Waals surface area (Å²) in [5.74, 6) is 2.16. The zero-order valence-electron chi connectivity index (χ0n) is 20.4. The van der Waals surface area contributed by atoms with Crippen molar-refractivity contribution < 1.29 is 4.79 Å². The molecule has 32 heavy (non-hydrogen) atoms. The molecule has 3 rings (SSSR count). The van der Waals surface area contributed by atoms with Gasteiger partial charge in [0.15, 0.2) is 0 Å². The third-order valence-corrected chi connectivity index (χ3v) is 6.89. The van der Waals surface area contributed by atoms with E-state index in [4.69, 9.17) is 0 Å². The molecular formula is C29H37NOS.